The van der Waals surface area contributed by atoms with E-state index in [2.05, 4.69) is 0 Å². The molecule has 5 nitrogen and oxygen atoms in total. The summed E-state index contributed by atoms with van der Waals surface area (Å²) < 4.78 is 13.4. The first-order valence-electron chi connectivity index (χ1n) is 9.72. The summed E-state index contributed by atoms with van der Waals surface area (Å²) in [5, 5.41) is 1.66. The number of benzene rings is 3. The van der Waals surface area contributed by atoms with Crippen molar-refractivity contribution in [2.45, 2.75) is 19.1 Å². The van der Waals surface area contributed by atoms with Crippen LogP contribution in [0.15, 0.2) is 84.9 Å². The lowest BCUT2D eigenvalue weighted by Crippen LogP contribution is -2.41. The molecular weight excluding hydrogens is 383 g/mol. The van der Waals surface area contributed by atoms with Crippen LogP contribution in [0.1, 0.15) is 18.5 Å². The number of carbonyl (C=O) groups excluding carboxylic acids is 2. The highest BCUT2D eigenvalue weighted by Crippen LogP contribution is 2.55. The van der Waals surface area contributed by atoms with Crippen LogP contribution in [0.25, 0.3) is 0 Å². The number of fused-ring (bicyclic) bond motifs is 1. The second-order valence-electron chi connectivity index (χ2n) is 7.70. The number of anilines is 2. The lowest BCUT2D eigenvalue weighted by Gasteiger charge is -2.32. The second-order valence-corrected chi connectivity index (χ2v) is 7.70. The highest BCUT2D eigenvalue weighted by atomic mass is 19.1. The minimum absolute atomic E-state index is 0.337. The topological polar surface area (TPSA) is 49.9 Å². The molecule has 5 rings (SSSR count). The summed E-state index contributed by atoms with van der Waals surface area (Å²) in [5.74, 6) is -1.25. The average Bonchev–Trinajstić information content (AvgIpc) is 3.19. The van der Waals surface area contributed by atoms with Crippen LogP contribution in [0, 0.1) is 11.2 Å². The molecule has 3 atom stereocenters. The first kappa shape index (κ1) is 18.5. The van der Waals surface area contributed by atoms with E-state index in [1.165, 1.54) is 24.3 Å². The van der Waals surface area contributed by atoms with Crippen LogP contribution in [0.3, 0.4) is 0 Å². The fourth-order valence-electron chi connectivity index (χ4n) is 4.40. The molecule has 2 aliphatic rings. The number of hydroxylamine groups is 1. The van der Waals surface area contributed by atoms with Gasteiger partial charge in [0.15, 0.2) is 6.10 Å². The molecule has 30 heavy (non-hydrogen) atoms. The van der Waals surface area contributed by atoms with Gasteiger partial charge in [0, 0.05) is 0 Å². The summed E-state index contributed by atoms with van der Waals surface area (Å²) in [6.07, 6.45) is -0.986. The Bertz CT molecular complexity index is 1100. The van der Waals surface area contributed by atoms with E-state index in [4.69, 9.17) is 4.84 Å². The van der Waals surface area contributed by atoms with Crippen molar-refractivity contribution < 1.29 is 18.8 Å². The Kier molecular flexibility index (Phi) is 4.18. The third kappa shape index (κ3) is 2.57. The molecule has 0 spiro atoms. The summed E-state index contributed by atoms with van der Waals surface area (Å²) >= 11 is 0. The van der Waals surface area contributed by atoms with E-state index in [1.54, 1.807) is 12.0 Å². The third-order valence-electron chi connectivity index (χ3n) is 5.89. The fraction of sp³-hybridized carbons (Fsp3) is 0.167. The van der Waals surface area contributed by atoms with Gasteiger partial charge in [0.25, 0.3) is 5.91 Å². The van der Waals surface area contributed by atoms with Crippen molar-refractivity contribution in [2.75, 3.05) is 9.96 Å². The maximum atomic E-state index is 13.7. The number of carbonyl (C=O) groups is 2. The van der Waals surface area contributed by atoms with E-state index < -0.39 is 29.3 Å². The summed E-state index contributed by atoms with van der Waals surface area (Å²) in [4.78, 5) is 34.2. The first-order chi connectivity index (χ1) is 14.5. The van der Waals surface area contributed by atoms with Gasteiger partial charge in [-0.3, -0.25) is 14.4 Å². The smallest absolute Gasteiger partial charge is 0.266 e. The van der Waals surface area contributed by atoms with Gasteiger partial charge in [0.1, 0.15) is 11.2 Å². The predicted molar refractivity (Wildman–Crippen MR) is 110 cm³/mol. The number of hydrogen-bond donors (Lipinski definition) is 0. The Labute approximate surface area is 173 Å². The molecule has 3 aromatic rings. The van der Waals surface area contributed by atoms with Crippen molar-refractivity contribution in [3.05, 3.63) is 96.3 Å². The quantitative estimate of drug-likeness (QED) is 0.614. The molecule has 0 unspecified atom stereocenters. The number of halogens is 1. The lowest BCUT2D eigenvalue weighted by atomic mass is 9.76. The zero-order valence-corrected chi connectivity index (χ0v) is 16.2. The van der Waals surface area contributed by atoms with E-state index in [0.717, 1.165) is 16.2 Å². The SMILES string of the molecule is C[C@]12C(=O)N(c3ccc(F)cc3)C(=O)[C@@H]1ON(c1ccccc1)[C@@H]2c1ccccc1. The molecule has 6 heteroatoms. The number of nitrogens with zero attached hydrogens (tertiary/aromatic N) is 2. The van der Waals surface area contributed by atoms with Gasteiger partial charge in [-0.25, -0.2) is 14.4 Å². The van der Waals surface area contributed by atoms with Gasteiger partial charge < -0.3 is 0 Å². The van der Waals surface area contributed by atoms with Crippen LogP contribution >= 0.6 is 0 Å². The molecule has 2 amide bonds. The van der Waals surface area contributed by atoms with E-state index >= 15 is 0 Å². The van der Waals surface area contributed by atoms with Crippen LogP contribution in [0.5, 0.6) is 0 Å². The van der Waals surface area contributed by atoms with Crippen LogP contribution in [-0.4, -0.2) is 17.9 Å². The minimum Gasteiger partial charge on any atom is -0.273 e. The minimum atomic E-state index is -1.15. The van der Waals surface area contributed by atoms with Gasteiger partial charge in [-0.05, 0) is 48.9 Å². The standard InChI is InChI=1S/C24H19FN2O3/c1-24-20(16-8-4-2-5-9-16)27(19-10-6-3-7-11-19)30-21(24)22(28)26(23(24)29)18-14-12-17(25)13-15-18/h2-15,20-21H,1H3/t20-,21+,24-/m1/s1. The normalized spacial score (nSPS) is 25.7. The van der Waals surface area contributed by atoms with Crippen molar-refractivity contribution in [1.29, 1.82) is 0 Å². The molecule has 2 saturated heterocycles. The summed E-state index contributed by atoms with van der Waals surface area (Å²) in [7, 11) is 0. The number of imide groups is 1. The van der Waals surface area contributed by atoms with Gasteiger partial charge in [0.2, 0.25) is 5.91 Å². The van der Waals surface area contributed by atoms with Gasteiger partial charge in [0.05, 0.1) is 17.4 Å². The molecule has 0 saturated carbocycles. The van der Waals surface area contributed by atoms with Crippen LogP contribution in [-0.2, 0) is 14.4 Å². The van der Waals surface area contributed by atoms with E-state index in [1.807, 2.05) is 60.7 Å². The molecule has 0 N–H and O–H groups in total. The van der Waals surface area contributed by atoms with Crippen LogP contribution in [0.2, 0.25) is 0 Å². The lowest BCUT2D eigenvalue weighted by molar-refractivity contribution is -0.128. The van der Waals surface area contributed by atoms with Crippen molar-refractivity contribution in [3.8, 4) is 0 Å². The number of rotatable bonds is 3. The van der Waals surface area contributed by atoms with E-state index in [9.17, 15) is 14.0 Å². The maximum Gasteiger partial charge on any atom is 0.266 e. The number of para-hydroxylation sites is 1. The second kappa shape index (κ2) is 6.78. The highest BCUT2D eigenvalue weighted by Gasteiger charge is 2.68. The summed E-state index contributed by atoms with van der Waals surface area (Å²) in [5.41, 5.74) is 0.816. The molecular formula is C24H19FN2O3. The van der Waals surface area contributed by atoms with E-state index in [-0.39, 0.29) is 5.91 Å². The van der Waals surface area contributed by atoms with Crippen molar-refractivity contribution in [3.63, 3.8) is 0 Å². The maximum absolute atomic E-state index is 13.7. The zero-order valence-electron chi connectivity index (χ0n) is 16.2. The molecule has 2 heterocycles. The Morgan fingerprint density at radius 2 is 1.43 bits per heavy atom. The van der Waals surface area contributed by atoms with Gasteiger partial charge in [-0.1, -0.05) is 48.5 Å². The Hall–Kier alpha value is -3.51. The summed E-state index contributed by atoms with van der Waals surface area (Å²) in [6, 6.07) is 23.8. The molecule has 150 valence electrons. The molecule has 0 bridgehead atoms. The monoisotopic (exact) mass is 402 g/mol. The number of amides is 2. The van der Waals surface area contributed by atoms with Gasteiger partial charge in [-0.2, -0.15) is 0 Å². The van der Waals surface area contributed by atoms with E-state index in [0.29, 0.717) is 5.69 Å². The van der Waals surface area contributed by atoms with Gasteiger partial charge in [-0.15, -0.1) is 0 Å². The highest BCUT2D eigenvalue weighted by molar-refractivity contribution is 6.25. The average molecular weight is 402 g/mol. The van der Waals surface area contributed by atoms with Crippen molar-refractivity contribution >= 4 is 23.2 Å². The van der Waals surface area contributed by atoms with Crippen LogP contribution < -0.4 is 9.96 Å². The number of hydrogen-bond acceptors (Lipinski definition) is 4. The molecule has 3 aromatic carbocycles. The predicted octanol–water partition coefficient (Wildman–Crippen LogP) is 4.27. The van der Waals surface area contributed by atoms with Gasteiger partial charge >= 0.3 is 0 Å². The molecule has 2 aliphatic heterocycles. The summed E-state index contributed by atoms with van der Waals surface area (Å²) in [6.45, 7) is 1.77. The zero-order chi connectivity index (χ0) is 20.9. The van der Waals surface area contributed by atoms with Crippen molar-refractivity contribution in [2.24, 2.45) is 5.41 Å². The van der Waals surface area contributed by atoms with Crippen molar-refractivity contribution in [1.82, 2.24) is 0 Å². The molecule has 0 aromatic heterocycles. The largest absolute Gasteiger partial charge is 0.273 e. The third-order valence-corrected chi connectivity index (χ3v) is 5.89. The Balaban J connectivity index is 1.63. The first-order valence-corrected chi connectivity index (χ1v) is 9.72. The molecule has 2 fully saturated rings. The molecule has 0 aliphatic carbocycles. The Morgan fingerprint density at radius 3 is 2.07 bits per heavy atom. The Morgan fingerprint density at radius 1 is 0.833 bits per heavy atom. The molecule has 0 radical (unpaired) electrons. The fourth-order valence-corrected chi connectivity index (χ4v) is 4.40. The van der Waals surface area contributed by atoms with Crippen LogP contribution in [0.4, 0.5) is 15.8 Å².